The summed E-state index contributed by atoms with van der Waals surface area (Å²) in [5.41, 5.74) is 1.64. The van der Waals surface area contributed by atoms with Crippen LogP contribution >= 0.6 is 0 Å². The average molecular weight is 387 g/mol. The molecule has 1 fully saturated rings. The molecule has 1 N–H and O–H groups in total. The Balaban J connectivity index is 1.33. The lowest BCUT2D eigenvalue weighted by molar-refractivity contribution is 0.151. The molecule has 0 saturated carbocycles. The number of nitrogens with zero attached hydrogens (tertiary/aromatic N) is 2. The van der Waals surface area contributed by atoms with E-state index in [0.717, 1.165) is 44.8 Å². The van der Waals surface area contributed by atoms with Crippen molar-refractivity contribution in [2.75, 3.05) is 56.7 Å². The van der Waals surface area contributed by atoms with Gasteiger partial charge >= 0.3 is 6.09 Å². The SMILES string of the molecule is COc1ccccc1NC(=O)OCCCN1CCN(c2ccc(F)cc2)CC1. The van der Waals surface area contributed by atoms with Gasteiger partial charge in [0.2, 0.25) is 0 Å². The number of ether oxygens (including phenoxy) is 2. The third-order valence-electron chi connectivity index (χ3n) is 4.76. The lowest BCUT2D eigenvalue weighted by Crippen LogP contribution is -2.46. The van der Waals surface area contributed by atoms with Crippen LogP contribution in [0.2, 0.25) is 0 Å². The second kappa shape index (κ2) is 9.94. The number of piperazine rings is 1. The highest BCUT2D eigenvalue weighted by Gasteiger charge is 2.17. The summed E-state index contributed by atoms with van der Waals surface area (Å²) in [7, 11) is 1.56. The van der Waals surface area contributed by atoms with Gasteiger partial charge in [-0.05, 0) is 42.8 Å². The number of carbonyl (C=O) groups is 1. The Morgan fingerprint density at radius 2 is 1.79 bits per heavy atom. The zero-order chi connectivity index (χ0) is 19.8. The van der Waals surface area contributed by atoms with E-state index in [1.54, 1.807) is 19.2 Å². The maximum absolute atomic E-state index is 13.0. The highest BCUT2D eigenvalue weighted by molar-refractivity contribution is 5.86. The maximum Gasteiger partial charge on any atom is 0.411 e. The van der Waals surface area contributed by atoms with Crippen LogP contribution in [0.15, 0.2) is 48.5 Å². The molecule has 28 heavy (non-hydrogen) atoms. The maximum atomic E-state index is 13.0. The number of carbonyl (C=O) groups excluding carboxylic acids is 1. The van der Waals surface area contributed by atoms with Crippen molar-refractivity contribution in [2.24, 2.45) is 0 Å². The van der Waals surface area contributed by atoms with Crippen LogP contribution in [0.1, 0.15) is 6.42 Å². The third-order valence-corrected chi connectivity index (χ3v) is 4.76. The monoisotopic (exact) mass is 387 g/mol. The average Bonchev–Trinajstić information content (AvgIpc) is 2.73. The molecular weight excluding hydrogens is 361 g/mol. The highest BCUT2D eigenvalue weighted by atomic mass is 19.1. The van der Waals surface area contributed by atoms with E-state index in [-0.39, 0.29) is 5.82 Å². The van der Waals surface area contributed by atoms with E-state index in [9.17, 15) is 9.18 Å². The predicted molar refractivity (Wildman–Crippen MR) is 108 cm³/mol. The van der Waals surface area contributed by atoms with Crippen LogP contribution < -0.4 is 15.0 Å². The Bertz CT molecular complexity index is 762. The van der Waals surface area contributed by atoms with Crippen LogP contribution in [0.25, 0.3) is 0 Å². The molecule has 1 amide bonds. The molecule has 2 aromatic carbocycles. The fourth-order valence-corrected chi connectivity index (χ4v) is 3.23. The topological polar surface area (TPSA) is 54.0 Å². The highest BCUT2D eigenvalue weighted by Crippen LogP contribution is 2.23. The number of hydrogen-bond acceptors (Lipinski definition) is 5. The van der Waals surface area contributed by atoms with Crippen molar-refractivity contribution in [2.45, 2.75) is 6.42 Å². The number of anilines is 2. The van der Waals surface area contributed by atoms with Crippen molar-refractivity contribution in [1.29, 1.82) is 0 Å². The summed E-state index contributed by atoms with van der Waals surface area (Å²) < 4.78 is 23.5. The largest absolute Gasteiger partial charge is 0.495 e. The number of nitrogens with one attached hydrogen (secondary N) is 1. The zero-order valence-corrected chi connectivity index (χ0v) is 16.1. The number of hydrogen-bond donors (Lipinski definition) is 1. The third kappa shape index (κ3) is 5.60. The van der Waals surface area contributed by atoms with E-state index in [1.165, 1.54) is 12.1 Å². The van der Waals surface area contributed by atoms with Crippen LogP contribution in [0, 0.1) is 5.82 Å². The molecule has 1 aliphatic heterocycles. The van der Waals surface area contributed by atoms with Crippen LogP contribution in [-0.2, 0) is 4.74 Å². The number of benzene rings is 2. The van der Waals surface area contributed by atoms with E-state index >= 15 is 0 Å². The first-order valence-electron chi connectivity index (χ1n) is 9.45. The van der Waals surface area contributed by atoms with Crippen molar-refractivity contribution in [3.8, 4) is 5.75 Å². The molecule has 0 atom stereocenters. The van der Waals surface area contributed by atoms with Crippen molar-refractivity contribution in [3.63, 3.8) is 0 Å². The van der Waals surface area contributed by atoms with Crippen molar-refractivity contribution in [3.05, 3.63) is 54.3 Å². The molecule has 0 aliphatic carbocycles. The van der Waals surface area contributed by atoms with Gasteiger partial charge in [-0.2, -0.15) is 0 Å². The van der Waals surface area contributed by atoms with E-state index < -0.39 is 6.09 Å². The van der Waals surface area contributed by atoms with Gasteiger partial charge in [0.15, 0.2) is 0 Å². The minimum Gasteiger partial charge on any atom is -0.495 e. The van der Waals surface area contributed by atoms with Crippen LogP contribution in [-0.4, -0.2) is 57.4 Å². The summed E-state index contributed by atoms with van der Waals surface area (Å²) in [5.74, 6) is 0.385. The number of para-hydroxylation sites is 2. The van der Waals surface area contributed by atoms with Gasteiger partial charge in [0, 0.05) is 38.4 Å². The Hall–Kier alpha value is -2.80. The van der Waals surface area contributed by atoms with E-state index in [1.807, 2.05) is 24.3 Å². The lowest BCUT2D eigenvalue weighted by atomic mass is 10.2. The van der Waals surface area contributed by atoms with Crippen LogP contribution in [0.5, 0.6) is 5.75 Å². The molecule has 7 heteroatoms. The van der Waals surface area contributed by atoms with E-state index in [0.29, 0.717) is 18.0 Å². The van der Waals surface area contributed by atoms with Gasteiger partial charge in [-0.15, -0.1) is 0 Å². The summed E-state index contributed by atoms with van der Waals surface area (Å²) in [5, 5.41) is 2.69. The van der Waals surface area contributed by atoms with Crippen LogP contribution in [0.3, 0.4) is 0 Å². The van der Waals surface area contributed by atoms with E-state index in [2.05, 4.69) is 15.1 Å². The van der Waals surface area contributed by atoms with Gasteiger partial charge in [-0.25, -0.2) is 9.18 Å². The molecule has 1 aliphatic rings. The van der Waals surface area contributed by atoms with Crippen molar-refractivity contribution in [1.82, 2.24) is 4.90 Å². The van der Waals surface area contributed by atoms with Crippen molar-refractivity contribution < 1.29 is 18.7 Å². The minimum absolute atomic E-state index is 0.211. The molecule has 1 heterocycles. The van der Waals surface area contributed by atoms with Gasteiger partial charge in [-0.1, -0.05) is 12.1 Å². The molecule has 0 bridgehead atoms. The summed E-state index contributed by atoms with van der Waals surface area (Å²) >= 11 is 0. The standard InChI is InChI=1S/C21H26FN3O3/c1-27-20-6-3-2-5-19(20)23-21(26)28-16-4-11-24-12-14-25(15-13-24)18-9-7-17(22)8-10-18/h2-3,5-10H,4,11-16H2,1H3,(H,23,26). The normalized spacial score (nSPS) is 14.6. The summed E-state index contributed by atoms with van der Waals surface area (Å²) in [6.45, 7) is 4.91. The van der Waals surface area contributed by atoms with E-state index in [4.69, 9.17) is 9.47 Å². The molecule has 1 saturated heterocycles. The number of amides is 1. The second-order valence-corrected chi connectivity index (χ2v) is 6.62. The zero-order valence-electron chi connectivity index (χ0n) is 16.1. The van der Waals surface area contributed by atoms with Gasteiger partial charge in [-0.3, -0.25) is 10.2 Å². The molecule has 2 aromatic rings. The molecule has 3 rings (SSSR count). The van der Waals surface area contributed by atoms with Gasteiger partial charge < -0.3 is 14.4 Å². The Labute approximate surface area is 164 Å². The molecule has 6 nitrogen and oxygen atoms in total. The molecule has 0 spiro atoms. The van der Waals surface area contributed by atoms with Gasteiger partial charge in [0.05, 0.1) is 19.4 Å². The van der Waals surface area contributed by atoms with Crippen LogP contribution in [0.4, 0.5) is 20.6 Å². The summed E-state index contributed by atoms with van der Waals surface area (Å²) in [6.07, 6.45) is 0.293. The number of methoxy groups -OCH3 is 1. The Morgan fingerprint density at radius 1 is 1.07 bits per heavy atom. The molecule has 0 unspecified atom stereocenters. The fraction of sp³-hybridized carbons (Fsp3) is 0.381. The first-order valence-corrected chi connectivity index (χ1v) is 9.45. The predicted octanol–water partition coefficient (Wildman–Crippen LogP) is 3.60. The molecule has 0 radical (unpaired) electrons. The number of halogens is 1. The molecule has 0 aromatic heterocycles. The molecular formula is C21H26FN3O3. The summed E-state index contributed by atoms with van der Waals surface area (Å²) in [4.78, 5) is 16.5. The van der Waals surface area contributed by atoms with Gasteiger partial charge in [0.25, 0.3) is 0 Å². The second-order valence-electron chi connectivity index (χ2n) is 6.62. The lowest BCUT2D eigenvalue weighted by Gasteiger charge is -2.36. The first-order chi connectivity index (χ1) is 13.7. The quantitative estimate of drug-likeness (QED) is 0.736. The Kier molecular flexibility index (Phi) is 7.08. The first kappa shape index (κ1) is 19.9. The number of rotatable bonds is 7. The fourth-order valence-electron chi connectivity index (χ4n) is 3.23. The smallest absolute Gasteiger partial charge is 0.411 e. The Morgan fingerprint density at radius 3 is 2.50 bits per heavy atom. The van der Waals surface area contributed by atoms with Crippen molar-refractivity contribution >= 4 is 17.5 Å². The summed E-state index contributed by atoms with van der Waals surface area (Å²) in [6, 6.07) is 13.8. The minimum atomic E-state index is -0.481. The van der Waals surface area contributed by atoms with Gasteiger partial charge in [0.1, 0.15) is 11.6 Å². The molecule has 150 valence electrons.